The zero-order chi connectivity index (χ0) is 15.5. The van der Waals surface area contributed by atoms with Gasteiger partial charge in [-0.1, -0.05) is 52.0 Å². The summed E-state index contributed by atoms with van der Waals surface area (Å²) in [6.07, 6.45) is 0. The Labute approximate surface area is 142 Å². The van der Waals surface area contributed by atoms with Gasteiger partial charge in [-0.15, -0.1) is 34.0 Å². The summed E-state index contributed by atoms with van der Waals surface area (Å²) in [6, 6.07) is 8.28. The first kappa shape index (κ1) is 18.6. The summed E-state index contributed by atoms with van der Waals surface area (Å²) >= 11 is -0.826. The van der Waals surface area contributed by atoms with Crippen molar-refractivity contribution in [2.45, 2.75) is 46.5 Å². The molecule has 0 spiro atoms. The number of rotatable bonds is 2. The van der Waals surface area contributed by atoms with E-state index in [1.165, 1.54) is 33.5 Å². The van der Waals surface area contributed by atoms with Crippen molar-refractivity contribution in [1.29, 1.82) is 0 Å². The second kappa shape index (κ2) is 7.68. The number of hydrogen-bond acceptors (Lipinski definition) is 0. The number of aryl methyl sites for hydroxylation is 3. The molecule has 0 atom stereocenters. The Morgan fingerprint density at radius 2 is 1.65 bits per heavy atom. The van der Waals surface area contributed by atoms with E-state index >= 15 is 0 Å². The van der Waals surface area contributed by atoms with Crippen molar-refractivity contribution in [3.8, 4) is 0 Å². The fraction of sp³-hybridized carbons (Fsp3) is 0.438. The molecule has 2 aromatic rings. The number of hydrogen-bond donors (Lipinski definition) is 0. The van der Waals surface area contributed by atoms with Crippen LogP contribution in [0.25, 0.3) is 10.8 Å². The van der Waals surface area contributed by atoms with E-state index in [1.807, 2.05) is 0 Å². The van der Waals surface area contributed by atoms with Crippen LogP contribution in [0.4, 0.5) is 0 Å². The van der Waals surface area contributed by atoms with Crippen molar-refractivity contribution in [2.24, 2.45) is 0 Å². The third-order valence-corrected chi connectivity index (χ3v) is 5.04. The second-order valence-electron chi connectivity index (χ2n) is 6.59. The number of benzene rings is 1. The maximum atomic E-state index is 4.93. The third kappa shape index (κ3) is 4.77. The molecule has 2 aromatic carbocycles. The zero-order valence-electron chi connectivity index (χ0n) is 13.2. The van der Waals surface area contributed by atoms with Crippen LogP contribution in [0.2, 0.25) is 19.6 Å². The molecule has 20 heavy (non-hydrogen) atoms. The van der Waals surface area contributed by atoms with Gasteiger partial charge in [-0.2, -0.15) is 5.56 Å². The molecule has 0 fully saturated rings. The topological polar surface area (TPSA) is 0 Å². The summed E-state index contributed by atoms with van der Waals surface area (Å²) in [4.78, 5) is 0. The molecule has 0 aliphatic heterocycles. The molecule has 0 saturated carbocycles. The molecule has 0 amide bonds. The van der Waals surface area contributed by atoms with Crippen molar-refractivity contribution >= 4 is 35.9 Å². The zero-order valence-corrected chi connectivity index (χ0v) is 18.2. The van der Waals surface area contributed by atoms with Crippen LogP contribution in [0, 0.1) is 20.8 Å². The van der Waals surface area contributed by atoms with Crippen LogP contribution in [-0.2, 0) is 26.9 Å². The van der Waals surface area contributed by atoms with Crippen LogP contribution in [-0.4, -0.2) is 8.07 Å². The third-order valence-electron chi connectivity index (χ3n) is 3.60. The van der Waals surface area contributed by atoms with Crippen LogP contribution < -0.4 is 0 Å². The summed E-state index contributed by atoms with van der Waals surface area (Å²) in [7, 11) is 8.82. The molecule has 0 N–H and O–H groups in total. The van der Waals surface area contributed by atoms with E-state index in [4.69, 9.17) is 17.0 Å². The van der Waals surface area contributed by atoms with Crippen LogP contribution in [0.1, 0.15) is 22.3 Å². The monoisotopic (exact) mass is 403 g/mol. The van der Waals surface area contributed by atoms with Gasteiger partial charge in [0.25, 0.3) is 0 Å². The summed E-state index contributed by atoms with van der Waals surface area (Å²) < 4.78 is 0. The van der Waals surface area contributed by atoms with Crippen LogP contribution in [0.5, 0.6) is 0 Å². The van der Waals surface area contributed by atoms with Crippen LogP contribution in [0.3, 0.4) is 0 Å². The van der Waals surface area contributed by atoms with Gasteiger partial charge in [0.05, 0.1) is 0 Å². The van der Waals surface area contributed by atoms with Crippen molar-refractivity contribution in [2.75, 3.05) is 0 Å². The summed E-state index contributed by atoms with van der Waals surface area (Å²) in [6.45, 7) is 14.1. The van der Waals surface area contributed by atoms with Crippen LogP contribution in [0.15, 0.2) is 18.2 Å². The Balaban J connectivity index is 0.000000612. The first-order valence-electron chi connectivity index (χ1n) is 6.82. The Morgan fingerprint density at radius 1 is 1.10 bits per heavy atom. The van der Waals surface area contributed by atoms with Gasteiger partial charge in [-0.3, -0.25) is 0 Å². The quantitative estimate of drug-likeness (QED) is 0.407. The van der Waals surface area contributed by atoms with Gasteiger partial charge in [0, 0.05) is 8.07 Å². The van der Waals surface area contributed by atoms with Crippen molar-refractivity contribution in [3.63, 3.8) is 0 Å². The average Bonchev–Trinajstić information content (AvgIpc) is 2.61. The summed E-state index contributed by atoms with van der Waals surface area (Å²) in [5.74, 6) is 0. The van der Waals surface area contributed by atoms with Gasteiger partial charge < -0.3 is 0 Å². The molecule has 0 aliphatic carbocycles. The predicted molar refractivity (Wildman–Crippen MR) is 92.5 cm³/mol. The van der Waals surface area contributed by atoms with Crippen molar-refractivity contribution in [1.82, 2.24) is 0 Å². The SMILES string of the molecule is Cc1[cH-]c2c(C)ccc(C[Si](C)(C)C)c2c1C.[Cl][Zr][Cl]. The first-order valence-corrected chi connectivity index (χ1v) is 16.9. The molecule has 0 aliphatic rings. The van der Waals surface area contributed by atoms with E-state index in [2.05, 4.69) is 58.6 Å². The molecule has 0 heterocycles. The Morgan fingerprint density at radius 3 is 2.15 bits per heavy atom. The summed E-state index contributed by atoms with van der Waals surface area (Å²) in [5, 5.41) is 3.00. The standard InChI is InChI=1S/C16H23Si.2ClH.Zr/c1-11-7-8-14(10-17(4,5)6)16-13(3)12(2)9-15(11)16;;;/h7-9H,10H2,1-6H3;2*1H;/q-1;;;+2/p-2. The van der Waals surface area contributed by atoms with Crippen LogP contribution >= 0.6 is 17.0 Å². The Bertz CT molecular complexity index is 582. The van der Waals surface area contributed by atoms with Crippen molar-refractivity contribution in [3.05, 3.63) is 40.5 Å². The Kier molecular flexibility index (Phi) is 7.12. The summed E-state index contributed by atoms with van der Waals surface area (Å²) in [5.41, 5.74) is 5.90. The fourth-order valence-corrected chi connectivity index (χ4v) is 4.08. The fourth-order valence-electron chi connectivity index (χ4n) is 2.64. The predicted octanol–water partition coefficient (Wildman–Crippen LogP) is 6.28. The number of fused-ring (bicyclic) bond motifs is 1. The Hall–Kier alpha value is 0.510. The van der Waals surface area contributed by atoms with E-state index < -0.39 is 28.9 Å². The van der Waals surface area contributed by atoms with E-state index in [9.17, 15) is 0 Å². The average molecular weight is 406 g/mol. The molecule has 0 nitrogen and oxygen atoms in total. The molecule has 4 heteroatoms. The van der Waals surface area contributed by atoms with Gasteiger partial charge in [0.15, 0.2) is 0 Å². The molecule has 0 saturated heterocycles. The van der Waals surface area contributed by atoms with Gasteiger partial charge in [0.2, 0.25) is 0 Å². The van der Waals surface area contributed by atoms with Gasteiger partial charge in [-0.05, 0) is 6.04 Å². The molecule has 110 valence electrons. The van der Waals surface area contributed by atoms with Gasteiger partial charge >= 0.3 is 37.9 Å². The molecular weight excluding hydrogens is 382 g/mol. The van der Waals surface area contributed by atoms with E-state index in [0.717, 1.165) is 0 Å². The molecule has 0 aromatic heterocycles. The van der Waals surface area contributed by atoms with E-state index in [1.54, 1.807) is 5.56 Å². The minimum atomic E-state index is -1.05. The number of halogens is 2. The second-order valence-corrected chi connectivity index (χ2v) is 15.8. The van der Waals surface area contributed by atoms with E-state index in [0.29, 0.717) is 0 Å². The molecular formula is C16H23Cl2SiZr-. The minimum absolute atomic E-state index is 0.826. The van der Waals surface area contributed by atoms with E-state index in [-0.39, 0.29) is 0 Å². The molecule has 2 rings (SSSR count). The molecule has 0 bridgehead atoms. The molecule has 0 unspecified atom stereocenters. The maximum absolute atomic E-state index is 4.93. The molecule has 0 radical (unpaired) electrons. The van der Waals surface area contributed by atoms with Crippen molar-refractivity contribution < 1.29 is 20.8 Å². The first-order chi connectivity index (χ1) is 9.21. The van der Waals surface area contributed by atoms with Gasteiger partial charge in [-0.25, -0.2) is 0 Å². The van der Waals surface area contributed by atoms with Gasteiger partial charge in [0.1, 0.15) is 0 Å². The normalized spacial score (nSPS) is 11.2.